The second-order valence-electron chi connectivity index (χ2n) is 6.64. The molecular formula is C18H23NO2. The Hall–Kier alpha value is -1.19. The van der Waals surface area contributed by atoms with Gasteiger partial charge in [-0.15, -0.1) is 0 Å². The molecular weight excluding hydrogens is 262 g/mol. The Morgan fingerprint density at radius 2 is 2.10 bits per heavy atom. The fourth-order valence-corrected chi connectivity index (χ4v) is 4.22. The number of carbonyl (C=O) groups excluding carboxylic acids is 1. The summed E-state index contributed by atoms with van der Waals surface area (Å²) in [5.41, 5.74) is 3.73. The van der Waals surface area contributed by atoms with Crippen LogP contribution in [0.1, 0.15) is 47.2 Å². The molecule has 0 aromatic heterocycles. The molecule has 2 fully saturated rings. The van der Waals surface area contributed by atoms with Gasteiger partial charge >= 0.3 is 0 Å². The van der Waals surface area contributed by atoms with Gasteiger partial charge in [0.2, 0.25) is 0 Å². The highest BCUT2D eigenvalue weighted by molar-refractivity contribution is 5.98. The van der Waals surface area contributed by atoms with Crippen LogP contribution in [0.2, 0.25) is 0 Å². The van der Waals surface area contributed by atoms with Crippen LogP contribution in [0.5, 0.6) is 0 Å². The van der Waals surface area contributed by atoms with E-state index in [-0.39, 0.29) is 5.78 Å². The number of carbonyl (C=O) groups is 1. The van der Waals surface area contributed by atoms with Gasteiger partial charge in [-0.3, -0.25) is 9.69 Å². The summed E-state index contributed by atoms with van der Waals surface area (Å²) in [6, 6.07) is 6.79. The van der Waals surface area contributed by atoms with Gasteiger partial charge in [0, 0.05) is 18.2 Å². The quantitative estimate of drug-likeness (QED) is 0.800. The molecule has 3 nitrogen and oxygen atoms in total. The largest absolute Gasteiger partial charge is 0.375 e. The lowest BCUT2D eigenvalue weighted by atomic mass is 10.0. The van der Waals surface area contributed by atoms with Crippen LogP contribution >= 0.6 is 0 Å². The van der Waals surface area contributed by atoms with Gasteiger partial charge in [0.15, 0.2) is 5.78 Å². The first kappa shape index (κ1) is 13.5. The van der Waals surface area contributed by atoms with E-state index in [2.05, 4.69) is 17.0 Å². The number of ether oxygens (including phenoxy) is 1. The molecule has 0 amide bonds. The Morgan fingerprint density at radius 1 is 1.19 bits per heavy atom. The van der Waals surface area contributed by atoms with Gasteiger partial charge in [0.1, 0.15) is 0 Å². The third-order valence-electron chi connectivity index (χ3n) is 5.36. The molecule has 2 unspecified atom stereocenters. The van der Waals surface area contributed by atoms with E-state index >= 15 is 0 Å². The molecule has 0 bridgehead atoms. The summed E-state index contributed by atoms with van der Waals surface area (Å²) in [5, 5.41) is 0. The van der Waals surface area contributed by atoms with Crippen LogP contribution in [0.25, 0.3) is 0 Å². The second kappa shape index (κ2) is 5.54. The lowest BCUT2D eigenvalue weighted by Gasteiger charge is -2.37. The van der Waals surface area contributed by atoms with Gasteiger partial charge in [0.25, 0.3) is 0 Å². The molecule has 0 spiro atoms. The zero-order valence-corrected chi connectivity index (χ0v) is 12.5. The van der Waals surface area contributed by atoms with Crippen molar-refractivity contribution in [2.45, 2.75) is 50.7 Å². The Balaban J connectivity index is 1.47. The standard InChI is InChI=1S/C18H23NO2/c20-17(15-8-7-13-3-1-4-14(13)11-15)12-19-9-10-21-18-6-2-5-16(18)19/h7-8,11,16,18H,1-6,9-10,12H2. The fourth-order valence-electron chi connectivity index (χ4n) is 4.22. The molecule has 1 aliphatic heterocycles. The van der Waals surface area contributed by atoms with Gasteiger partial charge in [-0.2, -0.15) is 0 Å². The molecule has 1 heterocycles. The average molecular weight is 285 g/mol. The van der Waals surface area contributed by atoms with Gasteiger partial charge in [-0.05, 0) is 55.7 Å². The highest BCUT2D eigenvalue weighted by atomic mass is 16.5. The van der Waals surface area contributed by atoms with Crippen molar-refractivity contribution < 1.29 is 9.53 Å². The first-order valence-electron chi connectivity index (χ1n) is 8.32. The maximum Gasteiger partial charge on any atom is 0.176 e. The molecule has 0 N–H and O–H groups in total. The van der Waals surface area contributed by atoms with Crippen molar-refractivity contribution in [2.24, 2.45) is 0 Å². The predicted molar refractivity (Wildman–Crippen MR) is 81.7 cm³/mol. The Bertz CT molecular complexity index is 554. The summed E-state index contributed by atoms with van der Waals surface area (Å²) in [4.78, 5) is 15.0. The number of benzene rings is 1. The molecule has 1 aromatic carbocycles. The highest BCUT2D eigenvalue weighted by Crippen LogP contribution is 2.30. The van der Waals surface area contributed by atoms with E-state index < -0.39 is 0 Å². The van der Waals surface area contributed by atoms with E-state index in [1.54, 1.807) is 0 Å². The van der Waals surface area contributed by atoms with E-state index in [0.29, 0.717) is 18.7 Å². The fraction of sp³-hybridized carbons (Fsp3) is 0.611. The molecule has 4 rings (SSSR count). The maximum atomic E-state index is 12.6. The van der Waals surface area contributed by atoms with Gasteiger partial charge in [0.05, 0.1) is 19.3 Å². The summed E-state index contributed by atoms with van der Waals surface area (Å²) < 4.78 is 5.83. The third-order valence-corrected chi connectivity index (χ3v) is 5.36. The molecule has 3 heteroatoms. The van der Waals surface area contributed by atoms with E-state index in [1.165, 1.54) is 36.8 Å². The smallest absolute Gasteiger partial charge is 0.176 e. The van der Waals surface area contributed by atoms with Crippen LogP contribution in [0.15, 0.2) is 18.2 Å². The summed E-state index contributed by atoms with van der Waals surface area (Å²) >= 11 is 0. The molecule has 0 radical (unpaired) electrons. The molecule has 21 heavy (non-hydrogen) atoms. The van der Waals surface area contributed by atoms with Crippen LogP contribution in [-0.2, 0) is 17.6 Å². The Labute approximate surface area is 126 Å². The maximum absolute atomic E-state index is 12.6. The highest BCUT2D eigenvalue weighted by Gasteiger charge is 2.36. The first-order chi connectivity index (χ1) is 10.3. The lowest BCUT2D eigenvalue weighted by molar-refractivity contribution is -0.0522. The molecule has 1 saturated carbocycles. The van der Waals surface area contributed by atoms with Gasteiger partial charge < -0.3 is 4.74 Å². The zero-order chi connectivity index (χ0) is 14.2. The number of hydrogen-bond acceptors (Lipinski definition) is 3. The minimum atomic E-state index is 0.275. The van der Waals surface area contributed by atoms with Crippen LogP contribution in [0, 0.1) is 0 Å². The predicted octanol–water partition coefficient (Wildman–Crippen LogP) is 2.61. The number of aryl methyl sites for hydroxylation is 2. The van der Waals surface area contributed by atoms with Crippen molar-refractivity contribution in [3.8, 4) is 0 Å². The molecule has 112 valence electrons. The first-order valence-corrected chi connectivity index (χ1v) is 8.32. The number of rotatable bonds is 3. The topological polar surface area (TPSA) is 29.5 Å². The molecule has 2 atom stereocenters. The SMILES string of the molecule is O=C(CN1CCOC2CCCC21)c1ccc2c(c1)CCC2. The molecule has 1 aromatic rings. The van der Waals surface area contributed by atoms with Crippen LogP contribution in [0.3, 0.4) is 0 Å². The second-order valence-corrected chi connectivity index (χ2v) is 6.64. The van der Waals surface area contributed by atoms with Crippen molar-refractivity contribution >= 4 is 5.78 Å². The van der Waals surface area contributed by atoms with E-state index in [0.717, 1.165) is 31.6 Å². The average Bonchev–Trinajstić information content (AvgIpc) is 3.15. The number of Topliss-reactive ketones (excluding diaryl/α,β-unsaturated/α-hetero) is 1. The van der Waals surface area contributed by atoms with Crippen molar-refractivity contribution in [3.05, 3.63) is 34.9 Å². The number of hydrogen-bond donors (Lipinski definition) is 0. The minimum absolute atomic E-state index is 0.275. The van der Waals surface area contributed by atoms with Crippen molar-refractivity contribution in [2.75, 3.05) is 19.7 Å². The van der Waals surface area contributed by atoms with E-state index in [9.17, 15) is 4.79 Å². The zero-order valence-electron chi connectivity index (χ0n) is 12.5. The van der Waals surface area contributed by atoms with Crippen molar-refractivity contribution in [1.82, 2.24) is 4.90 Å². The van der Waals surface area contributed by atoms with Crippen LogP contribution in [-0.4, -0.2) is 42.5 Å². The van der Waals surface area contributed by atoms with E-state index in [1.807, 2.05) is 6.07 Å². The molecule has 3 aliphatic rings. The third kappa shape index (κ3) is 2.53. The van der Waals surface area contributed by atoms with Crippen LogP contribution in [0.4, 0.5) is 0 Å². The minimum Gasteiger partial charge on any atom is -0.375 e. The van der Waals surface area contributed by atoms with Crippen molar-refractivity contribution in [1.29, 1.82) is 0 Å². The normalized spacial score (nSPS) is 28.4. The molecule has 1 saturated heterocycles. The van der Waals surface area contributed by atoms with Gasteiger partial charge in [-0.25, -0.2) is 0 Å². The number of morpholine rings is 1. The Kier molecular flexibility index (Phi) is 3.56. The van der Waals surface area contributed by atoms with Crippen molar-refractivity contribution in [3.63, 3.8) is 0 Å². The van der Waals surface area contributed by atoms with Crippen LogP contribution < -0.4 is 0 Å². The molecule has 2 aliphatic carbocycles. The monoisotopic (exact) mass is 285 g/mol. The lowest BCUT2D eigenvalue weighted by Crippen LogP contribution is -2.50. The summed E-state index contributed by atoms with van der Waals surface area (Å²) in [5.74, 6) is 0.275. The Morgan fingerprint density at radius 3 is 3.05 bits per heavy atom. The summed E-state index contributed by atoms with van der Waals surface area (Å²) in [6.45, 7) is 2.24. The number of ketones is 1. The van der Waals surface area contributed by atoms with Gasteiger partial charge in [-0.1, -0.05) is 12.1 Å². The summed E-state index contributed by atoms with van der Waals surface area (Å²) in [6.07, 6.45) is 7.50. The number of fused-ring (bicyclic) bond motifs is 2. The summed E-state index contributed by atoms with van der Waals surface area (Å²) in [7, 11) is 0. The number of nitrogens with zero attached hydrogens (tertiary/aromatic N) is 1. The van der Waals surface area contributed by atoms with E-state index in [4.69, 9.17) is 4.74 Å².